The summed E-state index contributed by atoms with van der Waals surface area (Å²) in [5.74, 6) is 0.736. The fourth-order valence-electron chi connectivity index (χ4n) is 4.02. The number of carbonyl (C=O) groups excluding carboxylic acids is 1. The molecule has 2 atom stereocenters. The lowest BCUT2D eigenvalue weighted by molar-refractivity contribution is 0.0939. The van der Waals surface area contributed by atoms with Crippen LogP contribution >= 0.6 is 24.0 Å². The predicted octanol–water partition coefficient (Wildman–Crippen LogP) is 4.34. The summed E-state index contributed by atoms with van der Waals surface area (Å²) in [5, 5.41) is 9.92. The number of rotatable bonds is 9. The molecule has 7 heteroatoms. The summed E-state index contributed by atoms with van der Waals surface area (Å²) in [5.41, 5.74) is 3.06. The highest BCUT2D eigenvalue weighted by Crippen LogP contribution is 2.24. The zero-order valence-electron chi connectivity index (χ0n) is 20.0. The first kappa shape index (κ1) is 27.1. The lowest BCUT2D eigenvalue weighted by Crippen LogP contribution is -2.42. The van der Waals surface area contributed by atoms with Crippen LogP contribution in [0.15, 0.2) is 59.6 Å². The van der Waals surface area contributed by atoms with Crippen molar-refractivity contribution in [3.63, 3.8) is 0 Å². The Morgan fingerprint density at radius 2 is 1.79 bits per heavy atom. The van der Waals surface area contributed by atoms with Crippen molar-refractivity contribution in [3.05, 3.63) is 71.3 Å². The number of nitrogens with zero attached hydrogens (tertiary/aromatic N) is 2. The maximum absolute atomic E-state index is 12.4. The van der Waals surface area contributed by atoms with E-state index in [2.05, 4.69) is 63.1 Å². The van der Waals surface area contributed by atoms with Gasteiger partial charge in [-0.1, -0.05) is 49.4 Å². The van der Waals surface area contributed by atoms with Crippen LogP contribution in [0.25, 0.3) is 0 Å². The van der Waals surface area contributed by atoms with Gasteiger partial charge in [-0.3, -0.25) is 14.7 Å². The number of carbonyl (C=O) groups is 1. The summed E-state index contributed by atoms with van der Waals surface area (Å²) in [4.78, 5) is 19.4. The molecule has 180 valence electrons. The molecule has 1 amide bonds. The van der Waals surface area contributed by atoms with Crippen molar-refractivity contribution in [2.45, 2.75) is 51.7 Å². The summed E-state index contributed by atoms with van der Waals surface area (Å²) in [6, 6.07) is 18.9. The number of nitrogens with one attached hydrogen (secondary N) is 3. The minimum atomic E-state index is -0.0278. The normalized spacial score (nSPS) is 15.9. The van der Waals surface area contributed by atoms with Gasteiger partial charge in [-0.05, 0) is 62.5 Å². The third kappa shape index (κ3) is 8.30. The Morgan fingerprint density at radius 3 is 2.45 bits per heavy atom. The predicted molar refractivity (Wildman–Crippen MR) is 147 cm³/mol. The topological polar surface area (TPSA) is 68.8 Å². The first-order valence-corrected chi connectivity index (χ1v) is 11.7. The quantitative estimate of drug-likeness (QED) is 0.241. The van der Waals surface area contributed by atoms with Crippen LogP contribution in [-0.4, -0.2) is 49.5 Å². The second kappa shape index (κ2) is 14.2. The van der Waals surface area contributed by atoms with Crippen molar-refractivity contribution in [1.82, 2.24) is 20.9 Å². The first-order valence-electron chi connectivity index (χ1n) is 11.7. The molecule has 0 aromatic heterocycles. The molecule has 3 N–H and O–H groups in total. The van der Waals surface area contributed by atoms with Gasteiger partial charge < -0.3 is 16.0 Å². The SMILES string of the molecule is CCC(C)NC(=O)c1cccc(CNC(=NC)NCC(c2ccccc2)N2CCCC2)c1.I. The van der Waals surface area contributed by atoms with Crippen molar-refractivity contribution in [3.8, 4) is 0 Å². The molecule has 0 saturated carbocycles. The molecule has 1 heterocycles. The average molecular weight is 564 g/mol. The van der Waals surface area contributed by atoms with Crippen LogP contribution in [-0.2, 0) is 6.54 Å². The molecule has 1 saturated heterocycles. The zero-order chi connectivity index (χ0) is 22.8. The van der Waals surface area contributed by atoms with Gasteiger partial charge in [0.2, 0.25) is 0 Å². The van der Waals surface area contributed by atoms with Gasteiger partial charge in [0.05, 0.1) is 6.04 Å². The minimum absolute atomic E-state index is 0. The van der Waals surface area contributed by atoms with E-state index in [1.807, 2.05) is 31.2 Å². The van der Waals surface area contributed by atoms with E-state index in [0.717, 1.165) is 37.6 Å². The van der Waals surface area contributed by atoms with Gasteiger partial charge in [0.15, 0.2) is 5.96 Å². The number of aliphatic imine (C=N–C) groups is 1. The molecule has 2 aromatic rings. The van der Waals surface area contributed by atoms with E-state index in [4.69, 9.17) is 0 Å². The fourth-order valence-corrected chi connectivity index (χ4v) is 4.02. The number of amides is 1. The Hall–Kier alpha value is -2.13. The summed E-state index contributed by atoms with van der Waals surface area (Å²) in [6.07, 6.45) is 3.44. The molecule has 1 aliphatic rings. The molecule has 33 heavy (non-hydrogen) atoms. The van der Waals surface area contributed by atoms with Crippen LogP contribution in [0.2, 0.25) is 0 Å². The van der Waals surface area contributed by atoms with Crippen LogP contribution in [0.5, 0.6) is 0 Å². The molecule has 0 spiro atoms. The highest BCUT2D eigenvalue weighted by Gasteiger charge is 2.23. The van der Waals surface area contributed by atoms with Crippen molar-refractivity contribution in [1.29, 1.82) is 0 Å². The lowest BCUT2D eigenvalue weighted by atomic mass is 10.1. The first-order chi connectivity index (χ1) is 15.6. The number of halogens is 1. The summed E-state index contributed by atoms with van der Waals surface area (Å²) < 4.78 is 0. The van der Waals surface area contributed by atoms with E-state index in [1.165, 1.54) is 18.4 Å². The number of hydrogen-bond acceptors (Lipinski definition) is 3. The van der Waals surface area contributed by atoms with Crippen LogP contribution in [0, 0.1) is 0 Å². The van der Waals surface area contributed by atoms with Crippen LogP contribution in [0.1, 0.15) is 60.6 Å². The smallest absolute Gasteiger partial charge is 0.251 e. The largest absolute Gasteiger partial charge is 0.354 e. The Labute approximate surface area is 215 Å². The standard InChI is InChI=1S/C26H37N5O.HI/c1-4-20(2)30-25(32)23-14-10-11-21(17-23)18-28-26(27-3)29-19-24(31-15-8-9-16-31)22-12-6-5-7-13-22;/h5-7,10-14,17,20,24H,4,8-9,15-16,18-19H2,1-3H3,(H,30,32)(H2,27,28,29);1H. The summed E-state index contributed by atoms with van der Waals surface area (Å²) in [7, 11) is 1.79. The van der Waals surface area contributed by atoms with Gasteiger partial charge in [0.1, 0.15) is 0 Å². The highest BCUT2D eigenvalue weighted by molar-refractivity contribution is 14.0. The van der Waals surface area contributed by atoms with Gasteiger partial charge in [0, 0.05) is 31.7 Å². The van der Waals surface area contributed by atoms with Crippen molar-refractivity contribution < 1.29 is 4.79 Å². The minimum Gasteiger partial charge on any atom is -0.354 e. The summed E-state index contributed by atoms with van der Waals surface area (Å²) >= 11 is 0. The molecule has 0 aliphatic carbocycles. The maximum atomic E-state index is 12.4. The number of guanidine groups is 1. The van der Waals surface area contributed by atoms with Crippen LogP contribution in [0.3, 0.4) is 0 Å². The van der Waals surface area contributed by atoms with Gasteiger partial charge >= 0.3 is 0 Å². The number of likely N-dealkylation sites (tertiary alicyclic amines) is 1. The Kier molecular flexibility index (Phi) is 11.7. The second-order valence-electron chi connectivity index (χ2n) is 8.46. The van der Waals surface area contributed by atoms with Crippen molar-refractivity contribution in [2.75, 3.05) is 26.7 Å². The fraction of sp³-hybridized carbons (Fsp3) is 0.462. The lowest BCUT2D eigenvalue weighted by Gasteiger charge is -2.29. The van der Waals surface area contributed by atoms with Gasteiger partial charge in [0.25, 0.3) is 5.91 Å². The molecule has 1 fully saturated rings. The molecule has 6 nitrogen and oxygen atoms in total. The average Bonchev–Trinajstić information content (AvgIpc) is 3.36. The summed E-state index contributed by atoms with van der Waals surface area (Å²) in [6.45, 7) is 7.75. The van der Waals surface area contributed by atoms with E-state index in [0.29, 0.717) is 18.2 Å². The highest BCUT2D eigenvalue weighted by atomic mass is 127. The van der Waals surface area contributed by atoms with Crippen LogP contribution < -0.4 is 16.0 Å². The molecule has 3 rings (SSSR count). The van der Waals surface area contributed by atoms with Gasteiger partial charge in [-0.15, -0.1) is 24.0 Å². The number of hydrogen-bond donors (Lipinski definition) is 3. The van der Waals surface area contributed by atoms with E-state index in [-0.39, 0.29) is 35.9 Å². The molecule has 2 aromatic carbocycles. The van der Waals surface area contributed by atoms with E-state index < -0.39 is 0 Å². The zero-order valence-corrected chi connectivity index (χ0v) is 22.3. The number of benzene rings is 2. The maximum Gasteiger partial charge on any atom is 0.251 e. The molecule has 0 bridgehead atoms. The van der Waals surface area contributed by atoms with Crippen molar-refractivity contribution in [2.24, 2.45) is 4.99 Å². The Morgan fingerprint density at radius 1 is 1.06 bits per heavy atom. The Bertz CT molecular complexity index is 883. The molecule has 2 unspecified atom stereocenters. The molecule has 0 radical (unpaired) electrons. The van der Waals surface area contributed by atoms with Gasteiger partial charge in [-0.25, -0.2) is 0 Å². The second-order valence-corrected chi connectivity index (χ2v) is 8.46. The van der Waals surface area contributed by atoms with E-state index in [1.54, 1.807) is 7.05 Å². The van der Waals surface area contributed by atoms with E-state index >= 15 is 0 Å². The third-order valence-electron chi connectivity index (χ3n) is 6.09. The Balaban J connectivity index is 0.00000385. The molecular weight excluding hydrogens is 525 g/mol. The van der Waals surface area contributed by atoms with Crippen LogP contribution in [0.4, 0.5) is 0 Å². The van der Waals surface area contributed by atoms with Gasteiger partial charge in [-0.2, -0.15) is 0 Å². The molecular formula is C26H38IN5O. The third-order valence-corrected chi connectivity index (χ3v) is 6.09. The van der Waals surface area contributed by atoms with Crippen molar-refractivity contribution >= 4 is 35.8 Å². The van der Waals surface area contributed by atoms with E-state index in [9.17, 15) is 4.79 Å². The molecule has 1 aliphatic heterocycles. The monoisotopic (exact) mass is 563 g/mol.